The van der Waals surface area contributed by atoms with Gasteiger partial charge in [0.25, 0.3) is 0 Å². The first-order valence-corrected chi connectivity index (χ1v) is 6.61. The SMILES string of the molecule is COc1ccc(CC(C)(N)C2CCOCC2)cc1. The average Bonchev–Trinajstić information content (AvgIpc) is 2.40. The molecule has 100 valence electrons. The zero-order valence-electron chi connectivity index (χ0n) is 11.3. The molecule has 3 nitrogen and oxygen atoms in total. The molecule has 1 saturated heterocycles. The molecule has 2 N–H and O–H groups in total. The summed E-state index contributed by atoms with van der Waals surface area (Å²) >= 11 is 0. The maximum absolute atomic E-state index is 6.51. The summed E-state index contributed by atoms with van der Waals surface area (Å²) in [6.45, 7) is 3.85. The van der Waals surface area contributed by atoms with Crippen LogP contribution < -0.4 is 10.5 Å². The van der Waals surface area contributed by atoms with Gasteiger partial charge in [-0.2, -0.15) is 0 Å². The van der Waals surface area contributed by atoms with Gasteiger partial charge in [0.15, 0.2) is 0 Å². The maximum Gasteiger partial charge on any atom is 0.118 e. The van der Waals surface area contributed by atoms with Gasteiger partial charge in [-0.25, -0.2) is 0 Å². The molecule has 1 aliphatic heterocycles. The molecule has 0 aromatic heterocycles. The number of benzene rings is 1. The van der Waals surface area contributed by atoms with E-state index in [0.717, 1.165) is 38.2 Å². The molecular formula is C15H23NO2. The van der Waals surface area contributed by atoms with E-state index in [1.165, 1.54) is 5.56 Å². The Bertz CT molecular complexity index is 367. The lowest BCUT2D eigenvalue weighted by Crippen LogP contribution is -2.48. The summed E-state index contributed by atoms with van der Waals surface area (Å²) in [6.07, 6.45) is 3.05. The van der Waals surface area contributed by atoms with Crippen molar-refractivity contribution in [3.8, 4) is 5.75 Å². The first kappa shape index (κ1) is 13.4. The molecule has 18 heavy (non-hydrogen) atoms. The highest BCUT2D eigenvalue weighted by molar-refractivity contribution is 5.28. The molecule has 1 unspecified atom stereocenters. The van der Waals surface area contributed by atoms with Gasteiger partial charge in [-0.15, -0.1) is 0 Å². The van der Waals surface area contributed by atoms with E-state index in [4.69, 9.17) is 15.2 Å². The Balaban J connectivity index is 2.01. The van der Waals surface area contributed by atoms with E-state index in [-0.39, 0.29) is 5.54 Å². The third-order valence-corrected chi connectivity index (χ3v) is 3.90. The van der Waals surface area contributed by atoms with Crippen LogP contribution in [0.2, 0.25) is 0 Å². The van der Waals surface area contributed by atoms with E-state index in [2.05, 4.69) is 19.1 Å². The Morgan fingerprint density at radius 3 is 2.44 bits per heavy atom. The van der Waals surface area contributed by atoms with Crippen molar-refractivity contribution in [2.24, 2.45) is 11.7 Å². The van der Waals surface area contributed by atoms with Crippen LogP contribution in [0.3, 0.4) is 0 Å². The smallest absolute Gasteiger partial charge is 0.118 e. The number of ether oxygens (including phenoxy) is 2. The fourth-order valence-electron chi connectivity index (χ4n) is 2.68. The Morgan fingerprint density at radius 1 is 1.28 bits per heavy atom. The zero-order chi connectivity index (χ0) is 13.0. The lowest BCUT2D eigenvalue weighted by Gasteiger charge is -2.37. The van der Waals surface area contributed by atoms with Gasteiger partial charge in [0.05, 0.1) is 7.11 Å². The van der Waals surface area contributed by atoms with E-state index >= 15 is 0 Å². The highest BCUT2D eigenvalue weighted by Gasteiger charge is 2.31. The van der Waals surface area contributed by atoms with Crippen LogP contribution in [0, 0.1) is 5.92 Å². The van der Waals surface area contributed by atoms with Gasteiger partial charge in [-0.05, 0) is 49.8 Å². The second kappa shape index (κ2) is 5.72. The molecule has 2 rings (SSSR count). The van der Waals surface area contributed by atoms with Crippen molar-refractivity contribution in [1.82, 2.24) is 0 Å². The Morgan fingerprint density at radius 2 is 1.89 bits per heavy atom. The highest BCUT2D eigenvalue weighted by atomic mass is 16.5. The molecule has 1 aromatic carbocycles. The molecule has 0 spiro atoms. The van der Waals surface area contributed by atoms with Crippen LogP contribution in [-0.4, -0.2) is 25.9 Å². The molecule has 1 atom stereocenters. The summed E-state index contributed by atoms with van der Waals surface area (Å²) in [7, 11) is 1.68. The topological polar surface area (TPSA) is 44.5 Å². The van der Waals surface area contributed by atoms with Crippen molar-refractivity contribution in [3.05, 3.63) is 29.8 Å². The van der Waals surface area contributed by atoms with Crippen LogP contribution in [0.15, 0.2) is 24.3 Å². The molecule has 0 amide bonds. The van der Waals surface area contributed by atoms with Gasteiger partial charge in [0.2, 0.25) is 0 Å². The third kappa shape index (κ3) is 3.24. The molecule has 0 bridgehead atoms. The maximum atomic E-state index is 6.51. The van der Waals surface area contributed by atoms with Crippen LogP contribution in [0.1, 0.15) is 25.3 Å². The molecule has 0 saturated carbocycles. The average molecular weight is 249 g/mol. The van der Waals surface area contributed by atoms with Crippen molar-refractivity contribution >= 4 is 0 Å². The summed E-state index contributed by atoms with van der Waals surface area (Å²) in [5.74, 6) is 1.44. The van der Waals surface area contributed by atoms with E-state index in [0.29, 0.717) is 5.92 Å². The fraction of sp³-hybridized carbons (Fsp3) is 0.600. The van der Waals surface area contributed by atoms with Crippen LogP contribution in [0.5, 0.6) is 5.75 Å². The van der Waals surface area contributed by atoms with Crippen molar-refractivity contribution in [2.75, 3.05) is 20.3 Å². The summed E-state index contributed by atoms with van der Waals surface area (Å²) in [4.78, 5) is 0. The van der Waals surface area contributed by atoms with Crippen molar-refractivity contribution in [3.63, 3.8) is 0 Å². The lowest BCUT2D eigenvalue weighted by molar-refractivity contribution is 0.0419. The van der Waals surface area contributed by atoms with Gasteiger partial charge in [0, 0.05) is 18.8 Å². The number of hydrogen-bond donors (Lipinski definition) is 1. The molecule has 1 fully saturated rings. The normalized spacial score (nSPS) is 20.4. The van der Waals surface area contributed by atoms with Crippen LogP contribution in [0.25, 0.3) is 0 Å². The summed E-state index contributed by atoms with van der Waals surface area (Å²) < 4.78 is 10.6. The zero-order valence-corrected chi connectivity index (χ0v) is 11.3. The van der Waals surface area contributed by atoms with Crippen molar-refractivity contribution in [2.45, 2.75) is 31.7 Å². The molecule has 3 heteroatoms. The van der Waals surface area contributed by atoms with Gasteiger partial charge < -0.3 is 15.2 Å². The quantitative estimate of drug-likeness (QED) is 0.891. The Kier molecular flexibility index (Phi) is 4.25. The summed E-state index contributed by atoms with van der Waals surface area (Å²) in [5, 5.41) is 0. The lowest BCUT2D eigenvalue weighted by atomic mass is 9.77. The monoisotopic (exact) mass is 249 g/mol. The molecule has 1 aliphatic rings. The second-order valence-electron chi connectivity index (χ2n) is 5.42. The Labute approximate surface area is 109 Å². The minimum atomic E-state index is -0.154. The molecule has 1 heterocycles. The van der Waals surface area contributed by atoms with E-state index in [1.54, 1.807) is 7.11 Å². The minimum absolute atomic E-state index is 0.154. The second-order valence-corrected chi connectivity index (χ2v) is 5.42. The Hall–Kier alpha value is -1.06. The van der Waals surface area contributed by atoms with E-state index < -0.39 is 0 Å². The minimum Gasteiger partial charge on any atom is -0.497 e. The number of nitrogens with two attached hydrogens (primary N) is 1. The van der Waals surface area contributed by atoms with Crippen LogP contribution in [0.4, 0.5) is 0 Å². The fourth-order valence-corrected chi connectivity index (χ4v) is 2.68. The number of rotatable bonds is 4. The molecule has 0 aliphatic carbocycles. The largest absolute Gasteiger partial charge is 0.497 e. The van der Waals surface area contributed by atoms with Gasteiger partial charge in [-0.3, -0.25) is 0 Å². The molecule has 1 aromatic rings. The van der Waals surface area contributed by atoms with Crippen molar-refractivity contribution < 1.29 is 9.47 Å². The van der Waals surface area contributed by atoms with E-state index in [1.807, 2.05) is 12.1 Å². The molecule has 0 radical (unpaired) electrons. The number of hydrogen-bond acceptors (Lipinski definition) is 3. The van der Waals surface area contributed by atoms with Crippen LogP contribution >= 0.6 is 0 Å². The summed E-state index contributed by atoms with van der Waals surface area (Å²) in [5.41, 5.74) is 7.62. The third-order valence-electron chi connectivity index (χ3n) is 3.90. The molecular weight excluding hydrogens is 226 g/mol. The van der Waals surface area contributed by atoms with Gasteiger partial charge in [-0.1, -0.05) is 12.1 Å². The van der Waals surface area contributed by atoms with Crippen molar-refractivity contribution in [1.29, 1.82) is 0 Å². The first-order chi connectivity index (χ1) is 8.62. The van der Waals surface area contributed by atoms with Crippen LogP contribution in [-0.2, 0) is 11.2 Å². The summed E-state index contributed by atoms with van der Waals surface area (Å²) in [6, 6.07) is 8.19. The predicted octanol–water partition coefficient (Wildman–Crippen LogP) is 2.38. The van der Waals surface area contributed by atoms with E-state index in [9.17, 15) is 0 Å². The van der Waals surface area contributed by atoms with Gasteiger partial charge >= 0.3 is 0 Å². The van der Waals surface area contributed by atoms with Gasteiger partial charge in [0.1, 0.15) is 5.75 Å². The first-order valence-electron chi connectivity index (χ1n) is 6.61. The highest BCUT2D eigenvalue weighted by Crippen LogP contribution is 2.28. The standard InChI is InChI=1S/C15H23NO2/c1-15(16,13-7-9-18-10-8-13)11-12-3-5-14(17-2)6-4-12/h3-6,13H,7-11,16H2,1-2H3. The predicted molar refractivity (Wildman–Crippen MR) is 72.8 cm³/mol. The number of methoxy groups -OCH3 is 1.